The first-order valence-electron chi connectivity index (χ1n) is 15.5. The topological polar surface area (TPSA) is 135 Å². The number of benzene rings is 2. The molecule has 4 atom stereocenters. The Kier molecular flexibility index (Phi) is 8.89. The molecule has 2 saturated heterocycles. The summed E-state index contributed by atoms with van der Waals surface area (Å²) in [5.74, 6) is -1.50. The maximum atomic E-state index is 13.2. The predicted molar refractivity (Wildman–Crippen MR) is 167 cm³/mol. The Bertz CT molecular complexity index is 1600. The summed E-state index contributed by atoms with van der Waals surface area (Å²) in [5, 5.41) is 13.5. The smallest absolute Gasteiger partial charge is 0.335 e. The monoisotopic (exact) mass is 631 g/mol. The van der Waals surface area contributed by atoms with E-state index in [0.29, 0.717) is 48.2 Å². The van der Waals surface area contributed by atoms with Gasteiger partial charge in [-0.15, -0.1) is 11.3 Å². The molecule has 2 aromatic carbocycles. The van der Waals surface area contributed by atoms with Crippen LogP contribution < -0.4 is 10.1 Å². The van der Waals surface area contributed by atoms with E-state index < -0.39 is 24.0 Å². The number of piperidine rings is 1. The van der Waals surface area contributed by atoms with E-state index in [0.717, 1.165) is 10.4 Å². The normalized spacial score (nSPS) is 21.1. The molecule has 0 spiro atoms. The summed E-state index contributed by atoms with van der Waals surface area (Å²) < 4.78 is 11.6. The number of aromatic carboxylic acids is 1. The number of likely N-dealkylation sites (tertiary alicyclic amines) is 1. The van der Waals surface area contributed by atoms with Gasteiger partial charge in [-0.1, -0.05) is 24.3 Å². The van der Waals surface area contributed by atoms with Gasteiger partial charge in [-0.2, -0.15) is 0 Å². The van der Waals surface area contributed by atoms with Crippen molar-refractivity contribution in [1.29, 1.82) is 0 Å². The van der Waals surface area contributed by atoms with Crippen LogP contribution in [-0.2, 0) is 14.3 Å². The highest BCUT2D eigenvalue weighted by Gasteiger charge is 2.36. The number of ether oxygens (including phenoxy) is 2. The molecule has 0 bridgehead atoms. The minimum absolute atomic E-state index is 0.0730. The quantitative estimate of drug-likeness (QED) is 0.290. The minimum atomic E-state index is -1.05. The molecule has 11 heteroatoms. The molecule has 1 aliphatic carbocycles. The van der Waals surface area contributed by atoms with Crippen LogP contribution in [0.3, 0.4) is 0 Å². The van der Waals surface area contributed by atoms with Gasteiger partial charge >= 0.3 is 11.9 Å². The second-order valence-corrected chi connectivity index (χ2v) is 13.5. The van der Waals surface area contributed by atoms with E-state index in [4.69, 9.17) is 9.47 Å². The number of esters is 1. The number of carboxylic acids is 1. The van der Waals surface area contributed by atoms with Crippen LogP contribution in [0.15, 0.2) is 48.7 Å². The van der Waals surface area contributed by atoms with Gasteiger partial charge in [0.1, 0.15) is 18.5 Å². The van der Waals surface area contributed by atoms with Gasteiger partial charge in [0.2, 0.25) is 5.91 Å². The van der Waals surface area contributed by atoms with Crippen LogP contribution in [0.2, 0.25) is 0 Å². The molecule has 45 heavy (non-hydrogen) atoms. The van der Waals surface area contributed by atoms with Crippen molar-refractivity contribution in [1.82, 2.24) is 15.2 Å². The third-order valence-electron chi connectivity index (χ3n) is 8.84. The first-order chi connectivity index (χ1) is 21.7. The lowest BCUT2D eigenvalue weighted by molar-refractivity contribution is -0.138. The van der Waals surface area contributed by atoms with Crippen LogP contribution >= 0.6 is 11.3 Å². The van der Waals surface area contributed by atoms with Crippen LogP contribution in [0.1, 0.15) is 98.7 Å². The van der Waals surface area contributed by atoms with Gasteiger partial charge in [0.15, 0.2) is 5.01 Å². The van der Waals surface area contributed by atoms with Crippen LogP contribution in [0, 0.1) is 12.8 Å². The van der Waals surface area contributed by atoms with Crippen molar-refractivity contribution < 1.29 is 33.8 Å². The van der Waals surface area contributed by atoms with Crippen LogP contribution in [0.25, 0.3) is 0 Å². The average Bonchev–Trinajstić information content (AvgIpc) is 3.65. The summed E-state index contributed by atoms with van der Waals surface area (Å²) >= 11 is 1.32. The second-order valence-electron chi connectivity index (χ2n) is 12.3. The number of nitrogens with zero attached hydrogens (tertiary/aromatic N) is 2. The number of carbonyl (C=O) groups excluding carboxylic acids is 3. The number of carbonyl (C=O) groups is 4. The molecule has 3 aromatic rings. The molecule has 1 aromatic heterocycles. The third kappa shape index (κ3) is 7.03. The van der Waals surface area contributed by atoms with Gasteiger partial charge in [0.25, 0.3) is 5.91 Å². The van der Waals surface area contributed by atoms with Crippen molar-refractivity contribution in [3.05, 3.63) is 80.8 Å². The van der Waals surface area contributed by atoms with Gasteiger partial charge in [-0.05, 0) is 80.3 Å². The van der Waals surface area contributed by atoms with Crippen LogP contribution in [0.4, 0.5) is 0 Å². The Morgan fingerprint density at radius 1 is 1.11 bits per heavy atom. The van der Waals surface area contributed by atoms with Crippen LogP contribution in [-0.4, -0.2) is 64.5 Å². The molecule has 236 valence electrons. The zero-order valence-electron chi connectivity index (χ0n) is 25.4. The maximum absolute atomic E-state index is 13.2. The second kappa shape index (κ2) is 13.0. The van der Waals surface area contributed by atoms with E-state index >= 15 is 0 Å². The Hall–Kier alpha value is -4.25. The number of cyclic esters (lactones) is 1. The number of carboxylic acid groups (broad SMARTS) is 1. The maximum Gasteiger partial charge on any atom is 0.335 e. The Balaban J connectivity index is 1.26. The number of aromatic nitrogens is 1. The molecular weight excluding hydrogens is 594 g/mol. The predicted octanol–water partition coefficient (Wildman–Crippen LogP) is 5.23. The number of rotatable bonds is 10. The fourth-order valence-corrected chi connectivity index (χ4v) is 6.96. The molecule has 0 unspecified atom stereocenters. The molecule has 0 radical (unpaired) electrons. The number of hydrogen-bond acceptors (Lipinski definition) is 8. The largest absolute Gasteiger partial charge is 0.484 e. The molecule has 3 heterocycles. The van der Waals surface area contributed by atoms with E-state index in [1.54, 1.807) is 29.3 Å². The van der Waals surface area contributed by atoms with E-state index in [1.165, 1.54) is 29.7 Å². The number of thiazole rings is 1. The van der Waals surface area contributed by atoms with Crippen molar-refractivity contribution in [3.63, 3.8) is 0 Å². The van der Waals surface area contributed by atoms with E-state index in [9.17, 15) is 24.3 Å². The molecule has 2 N–H and O–H groups in total. The average molecular weight is 632 g/mol. The molecule has 6 rings (SSSR count). The summed E-state index contributed by atoms with van der Waals surface area (Å²) in [4.78, 5) is 57.0. The fourth-order valence-electron chi connectivity index (χ4n) is 6.29. The fraction of sp³-hybridized carbons (Fsp3) is 0.441. The van der Waals surface area contributed by atoms with Crippen molar-refractivity contribution >= 4 is 35.1 Å². The highest BCUT2D eigenvalue weighted by atomic mass is 32.1. The Morgan fingerprint density at radius 2 is 1.89 bits per heavy atom. The van der Waals surface area contributed by atoms with Gasteiger partial charge in [-0.3, -0.25) is 14.4 Å². The summed E-state index contributed by atoms with van der Waals surface area (Å²) in [6.07, 6.45) is 4.96. The SMILES string of the molecule is Cc1cnc(C(=O)N[C@@H](C)[C@H](Oc2ccc(C(=O)O)c([C@@H]3CCCN(C(=O)[C@H]4COC(=O)C4)C3)c2)c2ccc(C3CC3)cc2)s1. The van der Waals surface area contributed by atoms with Crippen molar-refractivity contribution in [3.8, 4) is 5.75 Å². The zero-order valence-corrected chi connectivity index (χ0v) is 26.2. The van der Waals surface area contributed by atoms with Crippen molar-refractivity contribution in [2.24, 2.45) is 5.92 Å². The lowest BCUT2D eigenvalue weighted by Crippen LogP contribution is -2.42. The highest BCUT2D eigenvalue weighted by Crippen LogP contribution is 2.41. The van der Waals surface area contributed by atoms with Gasteiger partial charge in [-0.25, -0.2) is 9.78 Å². The van der Waals surface area contributed by atoms with Crippen LogP contribution in [0.5, 0.6) is 5.75 Å². The van der Waals surface area contributed by atoms with Gasteiger partial charge in [0.05, 0.1) is 23.9 Å². The van der Waals surface area contributed by atoms with Gasteiger partial charge in [0, 0.05) is 30.1 Å². The molecular formula is C34H37N3O7S. The molecule has 3 aliphatic rings. The van der Waals surface area contributed by atoms with E-state index in [1.807, 2.05) is 26.0 Å². The third-order valence-corrected chi connectivity index (χ3v) is 9.75. The number of hydrogen-bond donors (Lipinski definition) is 2. The molecule has 1 saturated carbocycles. The zero-order chi connectivity index (χ0) is 31.7. The lowest BCUT2D eigenvalue weighted by Gasteiger charge is -2.35. The molecule has 2 amide bonds. The summed E-state index contributed by atoms with van der Waals surface area (Å²) in [6.45, 7) is 4.76. The van der Waals surface area contributed by atoms with Crippen molar-refractivity contribution in [2.45, 2.75) is 69.9 Å². The first kappa shape index (κ1) is 30.8. The van der Waals surface area contributed by atoms with Crippen molar-refractivity contribution in [2.75, 3.05) is 19.7 Å². The first-order valence-corrected chi connectivity index (χ1v) is 16.3. The highest BCUT2D eigenvalue weighted by molar-refractivity contribution is 7.13. The number of aryl methyl sites for hydroxylation is 1. The van der Waals surface area contributed by atoms with Gasteiger partial charge < -0.3 is 24.8 Å². The number of amides is 2. The van der Waals surface area contributed by atoms with E-state index in [-0.39, 0.29) is 42.3 Å². The minimum Gasteiger partial charge on any atom is -0.484 e. The number of nitrogens with one attached hydrogen (secondary N) is 1. The molecule has 2 aliphatic heterocycles. The summed E-state index contributed by atoms with van der Waals surface area (Å²) in [5.41, 5.74) is 2.92. The Morgan fingerprint density at radius 3 is 2.53 bits per heavy atom. The molecule has 3 fully saturated rings. The summed E-state index contributed by atoms with van der Waals surface area (Å²) in [6, 6.07) is 12.8. The lowest BCUT2D eigenvalue weighted by atomic mass is 9.86. The Labute approximate surface area is 265 Å². The standard InChI is InChI=1S/C34H37N3O7S/c1-19-16-35-32(45-19)31(39)36-20(2)30(23-9-7-22(8-10-23)21-5-6-21)44-26-11-12-27(34(41)42)28(15-26)24-4-3-13-37(17-24)33(40)25-14-29(38)43-18-25/h7-12,15-16,20-21,24-25,30H,3-6,13-14,17-18H2,1-2H3,(H,36,39)(H,41,42)/t20-,24+,25+,30-/m0/s1. The molecule has 10 nitrogen and oxygen atoms in total. The summed E-state index contributed by atoms with van der Waals surface area (Å²) in [7, 11) is 0. The van der Waals surface area contributed by atoms with E-state index in [2.05, 4.69) is 22.4 Å².